The Balaban J connectivity index is 2.07. The molecule has 0 aromatic rings. The zero-order valence-electron chi connectivity index (χ0n) is 12.4. The Morgan fingerprint density at radius 1 is 1.23 bits per heavy atom. The molecule has 0 radical (unpaired) electrons. The maximum atomic E-state index is 12.4. The molecule has 2 heterocycles. The van der Waals surface area contributed by atoms with Crippen LogP contribution in [0.5, 0.6) is 0 Å². The fourth-order valence-corrected chi connectivity index (χ4v) is 2.78. The van der Waals surface area contributed by atoms with Gasteiger partial charge in [-0.1, -0.05) is 6.08 Å². The van der Waals surface area contributed by atoms with Crippen molar-refractivity contribution in [3.05, 3.63) is 12.7 Å². The van der Waals surface area contributed by atoms with E-state index < -0.39 is 24.4 Å². The minimum Gasteiger partial charge on any atom is -0.337 e. The normalized spacial score (nSPS) is 22.5. The molecule has 1 unspecified atom stereocenters. The fraction of sp³-hybridized carbons (Fsp3) is 0.571. The Morgan fingerprint density at radius 3 is 2.55 bits per heavy atom. The number of rotatable bonds is 5. The Kier molecular flexibility index (Phi) is 4.92. The smallest absolute Gasteiger partial charge is 0.335 e. The summed E-state index contributed by atoms with van der Waals surface area (Å²) in [5.74, 6) is -2.25. The number of urea groups is 1. The molecule has 8 nitrogen and oxygen atoms in total. The van der Waals surface area contributed by atoms with E-state index in [4.69, 9.17) is 5.73 Å². The molecule has 0 saturated carbocycles. The molecule has 22 heavy (non-hydrogen) atoms. The maximum Gasteiger partial charge on any atom is 0.335 e. The first-order chi connectivity index (χ1) is 10.5. The average molecular weight is 308 g/mol. The number of carbonyl (C=O) groups is 4. The second kappa shape index (κ2) is 6.69. The predicted molar refractivity (Wildman–Crippen MR) is 77.4 cm³/mol. The van der Waals surface area contributed by atoms with Crippen LogP contribution in [0, 0.1) is 0 Å². The van der Waals surface area contributed by atoms with Gasteiger partial charge in [0.1, 0.15) is 6.54 Å². The molecule has 2 fully saturated rings. The Labute approximate surface area is 128 Å². The summed E-state index contributed by atoms with van der Waals surface area (Å²) in [5.41, 5.74) is 5.66. The van der Waals surface area contributed by atoms with Crippen LogP contribution in [0.3, 0.4) is 0 Å². The van der Waals surface area contributed by atoms with Gasteiger partial charge in [0, 0.05) is 25.7 Å². The fourth-order valence-electron chi connectivity index (χ4n) is 2.78. The summed E-state index contributed by atoms with van der Waals surface area (Å²) in [6.45, 7) is 3.86. The molecule has 2 aliphatic rings. The summed E-state index contributed by atoms with van der Waals surface area (Å²) in [6, 6.07) is -0.849. The van der Waals surface area contributed by atoms with Crippen molar-refractivity contribution in [1.82, 2.24) is 14.7 Å². The number of likely N-dealkylation sites (tertiary alicyclic amines) is 1. The highest BCUT2D eigenvalue weighted by molar-refractivity contribution is 6.45. The monoisotopic (exact) mass is 308 g/mol. The third-order valence-corrected chi connectivity index (χ3v) is 3.96. The van der Waals surface area contributed by atoms with Gasteiger partial charge in [0.25, 0.3) is 0 Å². The van der Waals surface area contributed by atoms with Crippen LogP contribution in [0.1, 0.15) is 19.3 Å². The third-order valence-electron chi connectivity index (χ3n) is 3.96. The molecule has 2 rings (SSSR count). The summed E-state index contributed by atoms with van der Waals surface area (Å²) in [7, 11) is 0. The van der Waals surface area contributed by atoms with E-state index >= 15 is 0 Å². The molecule has 2 saturated heterocycles. The number of imide groups is 2. The molecule has 1 atom stereocenters. The summed E-state index contributed by atoms with van der Waals surface area (Å²) in [5, 5.41) is 0. The number of nitrogens with zero attached hydrogens (tertiary/aromatic N) is 3. The van der Waals surface area contributed by atoms with E-state index in [2.05, 4.69) is 6.58 Å². The molecule has 5 amide bonds. The lowest BCUT2D eigenvalue weighted by Gasteiger charge is -2.35. The van der Waals surface area contributed by atoms with Gasteiger partial charge in [-0.2, -0.15) is 0 Å². The van der Waals surface area contributed by atoms with Crippen molar-refractivity contribution < 1.29 is 19.2 Å². The highest BCUT2D eigenvalue weighted by atomic mass is 16.2. The van der Waals surface area contributed by atoms with Crippen molar-refractivity contribution >= 4 is 23.8 Å². The SMILES string of the molecule is C=CCN1C(=O)C(=O)N(CC(=O)N2CCCCC2CN)C1=O. The molecule has 0 bridgehead atoms. The van der Waals surface area contributed by atoms with E-state index in [1.807, 2.05) is 0 Å². The standard InChI is InChI=1S/C14H20N4O4/c1-2-6-17-12(20)13(21)18(14(17)22)9-11(19)16-7-4-3-5-10(16)8-15/h2,10H,1,3-9,15H2. The number of carbonyl (C=O) groups excluding carboxylic acids is 4. The molecule has 120 valence electrons. The quantitative estimate of drug-likeness (QED) is 0.411. The van der Waals surface area contributed by atoms with E-state index in [1.165, 1.54) is 6.08 Å². The van der Waals surface area contributed by atoms with Gasteiger partial charge in [-0.05, 0) is 19.3 Å². The minimum absolute atomic E-state index is 0.0523. The van der Waals surface area contributed by atoms with E-state index in [0.29, 0.717) is 18.0 Å². The first-order valence-electron chi connectivity index (χ1n) is 7.29. The highest BCUT2D eigenvalue weighted by Gasteiger charge is 2.45. The highest BCUT2D eigenvalue weighted by Crippen LogP contribution is 2.18. The molecule has 0 spiro atoms. The molecule has 0 aromatic carbocycles. The third kappa shape index (κ3) is 2.87. The van der Waals surface area contributed by atoms with Gasteiger partial charge in [0.2, 0.25) is 5.91 Å². The summed E-state index contributed by atoms with van der Waals surface area (Å²) in [4.78, 5) is 51.1. The number of hydrogen-bond donors (Lipinski definition) is 1. The van der Waals surface area contributed by atoms with Crippen LogP contribution in [-0.4, -0.2) is 70.7 Å². The van der Waals surface area contributed by atoms with Crippen molar-refractivity contribution in [2.75, 3.05) is 26.2 Å². The zero-order valence-corrected chi connectivity index (χ0v) is 12.4. The Bertz CT molecular complexity index is 519. The number of nitrogens with two attached hydrogens (primary N) is 1. The van der Waals surface area contributed by atoms with E-state index in [0.717, 1.165) is 24.2 Å². The largest absolute Gasteiger partial charge is 0.337 e. The lowest BCUT2D eigenvalue weighted by atomic mass is 10.0. The van der Waals surface area contributed by atoms with Crippen LogP contribution in [-0.2, 0) is 14.4 Å². The summed E-state index contributed by atoms with van der Waals surface area (Å²) in [6.07, 6.45) is 4.03. The number of piperidine rings is 1. The first-order valence-corrected chi connectivity index (χ1v) is 7.29. The van der Waals surface area contributed by atoms with Gasteiger partial charge in [-0.25, -0.2) is 9.69 Å². The Morgan fingerprint density at radius 2 is 1.91 bits per heavy atom. The van der Waals surface area contributed by atoms with Crippen molar-refractivity contribution in [2.24, 2.45) is 5.73 Å². The number of hydrogen-bond acceptors (Lipinski definition) is 5. The van der Waals surface area contributed by atoms with Crippen molar-refractivity contribution in [1.29, 1.82) is 0 Å². The molecule has 8 heteroatoms. The Hall–Kier alpha value is -2.22. The lowest BCUT2D eigenvalue weighted by molar-refractivity contribution is -0.145. The van der Waals surface area contributed by atoms with Gasteiger partial charge in [0.05, 0.1) is 0 Å². The second-order valence-corrected chi connectivity index (χ2v) is 5.35. The second-order valence-electron chi connectivity index (χ2n) is 5.35. The molecular formula is C14H20N4O4. The molecule has 0 aliphatic carbocycles. The summed E-state index contributed by atoms with van der Waals surface area (Å²) >= 11 is 0. The van der Waals surface area contributed by atoms with Gasteiger partial charge in [0.15, 0.2) is 0 Å². The lowest BCUT2D eigenvalue weighted by Crippen LogP contribution is -2.51. The van der Waals surface area contributed by atoms with E-state index in [1.54, 1.807) is 4.90 Å². The summed E-state index contributed by atoms with van der Waals surface area (Å²) < 4.78 is 0. The molecular weight excluding hydrogens is 288 g/mol. The van der Waals surface area contributed by atoms with Gasteiger partial charge < -0.3 is 10.6 Å². The van der Waals surface area contributed by atoms with Crippen LogP contribution < -0.4 is 5.73 Å². The zero-order chi connectivity index (χ0) is 16.3. The van der Waals surface area contributed by atoms with Crippen molar-refractivity contribution in [3.8, 4) is 0 Å². The van der Waals surface area contributed by atoms with Crippen molar-refractivity contribution in [2.45, 2.75) is 25.3 Å². The molecule has 0 aromatic heterocycles. The van der Waals surface area contributed by atoms with E-state index in [-0.39, 0.29) is 18.5 Å². The van der Waals surface area contributed by atoms with Crippen LogP contribution in [0.25, 0.3) is 0 Å². The molecule has 2 N–H and O–H groups in total. The van der Waals surface area contributed by atoms with Gasteiger partial charge in [-0.15, -0.1) is 6.58 Å². The minimum atomic E-state index is -0.971. The van der Waals surface area contributed by atoms with Crippen LogP contribution in [0.4, 0.5) is 4.79 Å². The first kappa shape index (κ1) is 16.2. The van der Waals surface area contributed by atoms with E-state index in [9.17, 15) is 19.2 Å². The van der Waals surface area contributed by atoms with Crippen LogP contribution in [0.2, 0.25) is 0 Å². The van der Waals surface area contributed by atoms with Crippen LogP contribution in [0.15, 0.2) is 12.7 Å². The van der Waals surface area contributed by atoms with Gasteiger partial charge >= 0.3 is 17.8 Å². The van der Waals surface area contributed by atoms with Gasteiger partial charge in [-0.3, -0.25) is 19.3 Å². The predicted octanol–water partition coefficient (Wildman–Crippen LogP) is -0.697. The molecule has 2 aliphatic heterocycles. The van der Waals surface area contributed by atoms with Crippen LogP contribution >= 0.6 is 0 Å². The average Bonchev–Trinajstić information content (AvgIpc) is 2.73. The number of amides is 5. The van der Waals surface area contributed by atoms with Crippen molar-refractivity contribution in [3.63, 3.8) is 0 Å². The maximum absolute atomic E-state index is 12.4. The topological polar surface area (TPSA) is 104 Å².